The van der Waals surface area contributed by atoms with Crippen LogP contribution in [0.25, 0.3) is 22.6 Å². The van der Waals surface area contributed by atoms with Gasteiger partial charge in [0.2, 0.25) is 11.8 Å². The molecule has 38 heavy (non-hydrogen) atoms. The molecule has 1 aliphatic heterocycles. The number of nitriles is 1. The van der Waals surface area contributed by atoms with Gasteiger partial charge in [0, 0.05) is 17.7 Å². The van der Waals surface area contributed by atoms with E-state index >= 15 is 0 Å². The van der Waals surface area contributed by atoms with E-state index < -0.39 is 5.54 Å². The summed E-state index contributed by atoms with van der Waals surface area (Å²) in [6.45, 7) is 2.44. The first-order valence-corrected chi connectivity index (χ1v) is 12.5. The topological polar surface area (TPSA) is 109 Å². The zero-order valence-electron chi connectivity index (χ0n) is 21.1. The van der Waals surface area contributed by atoms with Crippen LogP contribution in [0.4, 0.5) is 0 Å². The number of aromatic nitrogens is 2. The van der Waals surface area contributed by atoms with Gasteiger partial charge in [-0.05, 0) is 67.1 Å². The Morgan fingerprint density at radius 2 is 1.87 bits per heavy atom. The highest BCUT2D eigenvalue weighted by molar-refractivity contribution is 5.97. The number of hydrogen-bond acceptors (Lipinski definition) is 6. The van der Waals surface area contributed by atoms with E-state index in [0.29, 0.717) is 46.7 Å². The largest absolute Gasteiger partial charge is 0.419 e. The van der Waals surface area contributed by atoms with Crippen molar-refractivity contribution < 1.29 is 9.21 Å². The average molecular weight is 502 g/mol. The summed E-state index contributed by atoms with van der Waals surface area (Å²) in [5.74, 6) is 3.08. The van der Waals surface area contributed by atoms with Gasteiger partial charge in [-0.25, -0.2) is 0 Å². The van der Waals surface area contributed by atoms with Gasteiger partial charge in [0.15, 0.2) is 0 Å². The standard InChI is InChI=1S/C31H27N5O2/c1-3-26-13-9-15-36(26)29(37)25-17-23(27-14-8-7-12-22(27)20-32)16-24(18-25)28-34-35-30(38-28)31(2,33)19-21-10-5-4-6-11-21/h1,4-8,10-12,14,16-18,26H,9,13,15,19,33H2,2H3/t26-,31+/m0/s1. The summed E-state index contributed by atoms with van der Waals surface area (Å²) >= 11 is 0. The fourth-order valence-electron chi connectivity index (χ4n) is 4.88. The van der Waals surface area contributed by atoms with Crippen LogP contribution in [-0.4, -0.2) is 33.6 Å². The van der Waals surface area contributed by atoms with Gasteiger partial charge in [0.05, 0.1) is 23.2 Å². The fourth-order valence-corrected chi connectivity index (χ4v) is 4.88. The van der Waals surface area contributed by atoms with Crippen LogP contribution in [0.1, 0.15) is 47.1 Å². The molecule has 0 radical (unpaired) electrons. The molecule has 0 saturated carbocycles. The molecule has 0 aliphatic carbocycles. The molecule has 3 aromatic carbocycles. The number of amides is 1. The Hall–Kier alpha value is -4.72. The molecule has 2 N–H and O–H groups in total. The van der Waals surface area contributed by atoms with Gasteiger partial charge in [0.25, 0.3) is 5.91 Å². The maximum atomic E-state index is 13.6. The highest BCUT2D eigenvalue weighted by atomic mass is 16.4. The third kappa shape index (κ3) is 4.93. The minimum atomic E-state index is -0.897. The molecule has 1 saturated heterocycles. The summed E-state index contributed by atoms with van der Waals surface area (Å²) in [4.78, 5) is 15.3. The summed E-state index contributed by atoms with van der Waals surface area (Å²) in [5.41, 5.74) is 9.64. The second-order valence-corrected chi connectivity index (χ2v) is 9.77. The Bertz CT molecular complexity index is 1560. The lowest BCUT2D eigenvalue weighted by Crippen LogP contribution is -2.35. The van der Waals surface area contributed by atoms with Crippen molar-refractivity contribution in [2.24, 2.45) is 5.73 Å². The first-order valence-electron chi connectivity index (χ1n) is 12.5. The summed E-state index contributed by atoms with van der Waals surface area (Å²) in [5, 5.41) is 18.2. The molecule has 1 amide bonds. The number of nitrogens with two attached hydrogens (primary N) is 1. The number of likely N-dealkylation sites (tertiary alicyclic amines) is 1. The van der Waals surface area contributed by atoms with E-state index in [-0.39, 0.29) is 17.8 Å². The first-order chi connectivity index (χ1) is 18.4. The van der Waals surface area contributed by atoms with E-state index in [2.05, 4.69) is 22.2 Å². The van der Waals surface area contributed by atoms with Crippen molar-refractivity contribution in [3.8, 4) is 41.0 Å². The molecule has 2 heterocycles. The van der Waals surface area contributed by atoms with Crippen LogP contribution in [0, 0.1) is 23.7 Å². The molecule has 1 aromatic heterocycles. The van der Waals surface area contributed by atoms with E-state index in [4.69, 9.17) is 16.6 Å². The lowest BCUT2D eigenvalue weighted by Gasteiger charge is -2.21. The first kappa shape index (κ1) is 25.0. The summed E-state index contributed by atoms with van der Waals surface area (Å²) < 4.78 is 6.09. The van der Waals surface area contributed by atoms with Crippen molar-refractivity contribution in [2.45, 2.75) is 37.8 Å². The molecule has 0 spiro atoms. The predicted molar refractivity (Wildman–Crippen MR) is 144 cm³/mol. The summed E-state index contributed by atoms with van der Waals surface area (Å²) in [6, 6.07) is 24.5. The van der Waals surface area contributed by atoms with Crippen LogP contribution in [0.15, 0.2) is 77.2 Å². The molecule has 0 bridgehead atoms. The molecular weight excluding hydrogens is 474 g/mol. The Kier molecular flexibility index (Phi) is 6.79. The van der Waals surface area contributed by atoms with Gasteiger partial charge >= 0.3 is 0 Å². The van der Waals surface area contributed by atoms with E-state index in [9.17, 15) is 10.1 Å². The number of rotatable bonds is 6. The zero-order valence-corrected chi connectivity index (χ0v) is 21.1. The predicted octanol–water partition coefficient (Wildman–Crippen LogP) is 4.93. The third-order valence-corrected chi connectivity index (χ3v) is 6.82. The van der Waals surface area contributed by atoms with Crippen LogP contribution in [0.5, 0.6) is 0 Å². The Labute approximate surface area is 221 Å². The molecule has 1 fully saturated rings. The van der Waals surface area contributed by atoms with E-state index in [1.54, 1.807) is 29.2 Å². The number of terminal acetylenes is 1. The van der Waals surface area contributed by atoms with Crippen LogP contribution < -0.4 is 5.73 Å². The van der Waals surface area contributed by atoms with Gasteiger partial charge in [-0.15, -0.1) is 16.6 Å². The maximum absolute atomic E-state index is 13.6. The quantitative estimate of drug-likeness (QED) is 0.375. The molecule has 1 aliphatic rings. The second-order valence-electron chi connectivity index (χ2n) is 9.77. The van der Waals surface area contributed by atoms with Crippen molar-refractivity contribution in [3.63, 3.8) is 0 Å². The highest BCUT2D eigenvalue weighted by Gasteiger charge is 2.31. The van der Waals surface area contributed by atoms with Gasteiger partial charge in [-0.2, -0.15) is 5.26 Å². The van der Waals surface area contributed by atoms with Gasteiger partial charge in [0.1, 0.15) is 0 Å². The molecule has 0 unspecified atom stereocenters. The molecule has 4 aromatic rings. The van der Waals surface area contributed by atoms with Crippen molar-refractivity contribution in [1.82, 2.24) is 15.1 Å². The van der Waals surface area contributed by atoms with Crippen molar-refractivity contribution in [3.05, 3.63) is 95.4 Å². The number of nitrogens with zero attached hydrogens (tertiary/aromatic N) is 4. The zero-order chi connectivity index (χ0) is 26.7. The lowest BCUT2D eigenvalue weighted by atomic mass is 9.94. The van der Waals surface area contributed by atoms with Crippen LogP contribution in [0.2, 0.25) is 0 Å². The van der Waals surface area contributed by atoms with Crippen molar-refractivity contribution in [1.29, 1.82) is 5.26 Å². The Morgan fingerprint density at radius 3 is 2.63 bits per heavy atom. The molecule has 5 rings (SSSR count). The lowest BCUT2D eigenvalue weighted by molar-refractivity contribution is 0.0766. The average Bonchev–Trinajstić information content (AvgIpc) is 3.63. The van der Waals surface area contributed by atoms with Crippen LogP contribution in [-0.2, 0) is 12.0 Å². The second kappa shape index (κ2) is 10.3. The molecular formula is C31H27N5O2. The van der Waals surface area contributed by atoms with Crippen LogP contribution >= 0.6 is 0 Å². The fraction of sp³-hybridized carbons (Fsp3) is 0.226. The van der Waals surface area contributed by atoms with Gasteiger partial charge < -0.3 is 15.1 Å². The number of hydrogen-bond donors (Lipinski definition) is 1. The SMILES string of the molecule is C#C[C@H]1CCCN1C(=O)c1cc(-c2nnc([C@](C)(N)Cc3ccccc3)o2)cc(-c2ccccc2C#N)c1. The summed E-state index contributed by atoms with van der Waals surface area (Å²) in [6.07, 6.45) is 7.83. The smallest absolute Gasteiger partial charge is 0.254 e. The maximum Gasteiger partial charge on any atom is 0.254 e. The Balaban J connectivity index is 1.57. The molecule has 2 atom stereocenters. The van der Waals surface area contributed by atoms with E-state index in [0.717, 1.165) is 18.4 Å². The summed E-state index contributed by atoms with van der Waals surface area (Å²) in [7, 11) is 0. The number of carbonyl (C=O) groups is 1. The normalized spacial score (nSPS) is 16.4. The number of carbonyl (C=O) groups excluding carboxylic acids is 1. The molecule has 188 valence electrons. The van der Waals surface area contributed by atoms with Crippen LogP contribution in [0.3, 0.4) is 0 Å². The molecule has 7 nitrogen and oxygen atoms in total. The van der Waals surface area contributed by atoms with E-state index in [1.807, 2.05) is 55.5 Å². The van der Waals surface area contributed by atoms with Gasteiger partial charge in [-0.3, -0.25) is 4.79 Å². The number of benzene rings is 3. The van der Waals surface area contributed by atoms with E-state index in [1.165, 1.54) is 0 Å². The van der Waals surface area contributed by atoms with Crippen molar-refractivity contribution >= 4 is 5.91 Å². The third-order valence-electron chi connectivity index (χ3n) is 6.82. The monoisotopic (exact) mass is 501 g/mol. The minimum Gasteiger partial charge on any atom is -0.419 e. The van der Waals surface area contributed by atoms with Crippen molar-refractivity contribution in [2.75, 3.05) is 6.54 Å². The minimum absolute atomic E-state index is 0.171. The highest BCUT2D eigenvalue weighted by Crippen LogP contribution is 2.32. The molecule has 7 heteroatoms. The Morgan fingerprint density at radius 1 is 1.13 bits per heavy atom. The van der Waals surface area contributed by atoms with Gasteiger partial charge in [-0.1, -0.05) is 54.5 Å².